The summed E-state index contributed by atoms with van der Waals surface area (Å²) in [4.78, 5) is 23.5. The van der Waals surface area contributed by atoms with Crippen LogP contribution in [0.2, 0.25) is 0 Å². The van der Waals surface area contributed by atoms with Crippen LogP contribution in [0.1, 0.15) is 23.6 Å². The van der Waals surface area contributed by atoms with Crippen LogP contribution >= 0.6 is 0 Å². The highest BCUT2D eigenvalue weighted by Crippen LogP contribution is 2.35. The Kier molecular flexibility index (Phi) is 6.89. The van der Waals surface area contributed by atoms with Gasteiger partial charge in [-0.15, -0.1) is 0 Å². The molecule has 0 fully saturated rings. The van der Waals surface area contributed by atoms with Gasteiger partial charge in [-0.1, -0.05) is 29.8 Å². The smallest absolute Gasteiger partial charge is 0.471 e. The van der Waals surface area contributed by atoms with Gasteiger partial charge >= 0.3 is 18.1 Å². The zero-order valence-corrected chi connectivity index (χ0v) is 16.3. The molecule has 0 atom stereocenters. The van der Waals surface area contributed by atoms with Gasteiger partial charge in [-0.05, 0) is 42.7 Å². The van der Waals surface area contributed by atoms with Crippen LogP contribution in [0.5, 0.6) is 5.75 Å². The Labute approximate surface area is 166 Å². The fourth-order valence-electron chi connectivity index (χ4n) is 3.08. The maximum absolute atomic E-state index is 12.9. The van der Waals surface area contributed by atoms with Gasteiger partial charge in [0, 0.05) is 18.7 Å². The number of methoxy groups -OCH3 is 1. The standard InChI is InChI=1S/C21H22F3NO4/c1-4-25(20(28)21(22,23)24)12-15-9-13(2)5-7-16(15)17-10-14(11-19(26)27)6-8-18(17)29-3/h5-10H,4,11-12H2,1-3H3,(H,26,27). The van der Waals surface area contributed by atoms with Crippen LogP contribution in [0, 0.1) is 6.92 Å². The second-order valence-electron chi connectivity index (χ2n) is 6.58. The monoisotopic (exact) mass is 409 g/mol. The molecule has 8 heteroatoms. The van der Waals surface area contributed by atoms with Crippen molar-refractivity contribution in [2.24, 2.45) is 0 Å². The largest absolute Gasteiger partial charge is 0.496 e. The lowest BCUT2D eigenvalue weighted by atomic mass is 9.94. The molecule has 0 radical (unpaired) electrons. The third-order valence-electron chi connectivity index (χ3n) is 4.44. The van der Waals surface area contributed by atoms with Crippen molar-refractivity contribution in [2.75, 3.05) is 13.7 Å². The molecule has 156 valence electrons. The fourth-order valence-corrected chi connectivity index (χ4v) is 3.08. The predicted molar refractivity (Wildman–Crippen MR) is 102 cm³/mol. The number of aliphatic carboxylic acids is 1. The number of hydrogen-bond donors (Lipinski definition) is 1. The molecule has 5 nitrogen and oxygen atoms in total. The molecule has 0 saturated heterocycles. The number of aryl methyl sites for hydroxylation is 1. The van der Waals surface area contributed by atoms with E-state index >= 15 is 0 Å². The summed E-state index contributed by atoms with van der Waals surface area (Å²) in [6.45, 7) is 2.93. The lowest BCUT2D eigenvalue weighted by Crippen LogP contribution is -2.40. The first-order chi connectivity index (χ1) is 13.6. The first-order valence-corrected chi connectivity index (χ1v) is 8.91. The van der Waals surface area contributed by atoms with Crippen molar-refractivity contribution < 1.29 is 32.6 Å². The van der Waals surface area contributed by atoms with Crippen LogP contribution < -0.4 is 4.74 Å². The van der Waals surface area contributed by atoms with Crippen LogP contribution in [0.15, 0.2) is 36.4 Å². The van der Waals surface area contributed by atoms with Crippen molar-refractivity contribution in [3.05, 3.63) is 53.1 Å². The number of carboxylic acid groups (broad SMARTS) is 1. The Morgan fingerprint density at radius 1 is 1.10 bits per heavy atom. The molecule has 1 N–H and O–H groups in total. The van der Waals surface area contributed by atoms with Gasteiger partial charge in [0.05, 0.1) is 13.5 Å². The summed E-state index contributed by atoms with van der Waals surface area (Å²) < 4.78 is 44.1. The summed E-state index contributed by atoms with van der Waals surface area (Å²) in [5.41, 5.74) is 2.98. The number of carbonyl (C=O) groups is 2. The summed E-state index contributed by atoms with van der Waals surface area (Å²) in [5, 5.41) is 9.05. The highest BCUT2D eigenvalue weighted by molar-refractivity contribution is 5.82. The quantitative estimate of drug-likeness (QED) is 0.744. The molecule has 0 aliphatic heterocycles. The van der Waals surface area contributed by atoms with Crippen molar-refractivity contribution in [1.29, 1.82) is 0 Å². The molecule has 29 heavy (non-hydrogen) atoms. The number of alkyl halides is 3. The average molecular weight is 409 g/mol. The first-order valence-electron chi connectivity index (χ1n) is 8.91. The number of nitrogens with zero attached hydrogens (tertiary/aromatic N) is 1. The van der Waals surface area contributed by atoms with Crippen LogP contribution in [-0.4, -0.2) is 41.7 Å². The van der Waals surface area contributed by atoms with Gasteiger partial charge in [-0.2, -0.15) is 13.2 Å². The predicted octanol–water partition coefficient (Wildman–Crippen LogP) is 4.21. The Morgan fingerprint density at radius 3 is 2.34 bits per heavy atom. The van der Waals surface area contributed by atoms with Crippen molar-refractivity contribution in [2.45, 2.75) is 33.0 Å². The number of halogens is 3. The molecule has 2 aromatic carbocycles. The lowest BCUT2D eigenvalue weighted by molar-refractivity contribution is -0.185. The number of rotatable bonds is 7. The van der Waals surface area contributed by atoms with Crippen molar-refractivity contribution in [3.63, 3.8) is 0 Å². The van der Waals surface area contributed by atoms with Crippen LogP contribution in [-0.2, 0) is 22.6 Å². The van der Waals surface area contributed by atoms with Gasteiger partial charge in [0.2, 0.25) is 0 Å². The minimum Gasteiger partial charge on any atom is -0.496 e. The molecule has 0 saturated carbocycles. The number of benzene rings is 2. The lowest BCUT2D eigenvalue weighted by Gasteiger charge is -2.24. The molecule has 2 rings (SSSR count). The van der Waals surface area contributed by atoms with E-state index in [0.717, 1.165) is 10.5 Å². The summed E-state index contributed by atoms with van der Waals surface area (Å²) in [7, 11) is 1.45. The van der Waals surface area contributed by atoms with Crippen molar-refractivity contribution in [1.82, 2.24) is 4.90 Å². The Balaban J connectivity index is 2.55. The fraction of sp³-hybridized carbons (Fsp3) is 0.333. The molecule has 2 aromatic rings. The number of ether oxygens (including phenoxy) is 1. The Bertz CT molecular complexity index is 909. The molecule has 1 amide bonds. The molecule has 0 spiro atoms. The zero-order chi connectivity index (χ0) is 21.8. The van der Waals surface area contributed by atoms with Gasteiger partial charge in [0.15, 0.2) is 0 Å². The highest BCUT2D eigenvalue weighted by Gasteiger charge is 2.42. The van der Waals surface area contributed by atoms with E-state index in [0.29, 0.717) is 28.0 Å². The van der Waals surface area contributed by atoms with Crippen LogP contribution in [0.25, 0.3) is 11.1 Å². The second-order valence-corrected chi connectivity index (χ2v) is 6.58. The molecule has 0 aliphatic rings. The number of carboxylic acids is 1. The normalized spacial score (nSPS) is 11.2. The van der Waals surface area contributed by atoms with Crippen molar-refractivity contribution >= 4 is 11.9 Å². The Hall–Kier alpha value is -3.03. The minimum atomic E-state index is -4.96. The number of carbonyl (C=O) groups excluding carboxylic acids is 1. The topological polar surface area (TPSA) is 66.8 Å². The molecule has 0 aromatic heterocycles. The van der Waals surface area contributed by atoms with E-state index in [4.69, 9.17) is 9.84 Å². The maximum Gasteiger partial charge on any atom is 0.471 e. The SMILES string of the molecule is CCN(Cc1cc(C)ccc1-c1cc(CC(=O)O)ccc1OC)C(=O)C(F)(F)F. The first kappa shape index (κ1) is 22.3. The van der Waals surface area contributed by atoms with Crippen molar-refractivity contribution in [3.8, 4) is 16.9 Å². The zero-order valence-electron chi connectivity index (χ0n) is 16.3. The van der Waals surface area contributed by atoms with E-state index in [2.05, 4.69) is 0 Å². The second kappa shape index (κ2) is 8.98. The maximum atomic E-state index is 12.9. The van der Waals surface area contributed by atoms with Gasteiger partial charge in [-0.3, -0.25) is 9.59 Å². The van der Waals surface area contributed by atoms with Crippen LogP contribution in [0.3, 0.4) is 0 Å². The summed E-state index contributed by atoms with van der Waals surface area (Å²) in [6.07, 6.45) is -5.16. The van der Waals surface area contributed by atoms with E-state index in [9.17, 15) is 22.8 Å². The average Bonchev–Trinajstić information content (AvgIpc) is 2.64. The van der Waals surface area contributed by atoms with Gasteiger partial charge < -0.3 is 14.7 Å². The Morgan fingerprint density at radius 2 is 1.79 bits per heavy atom. The van der Waals surface area contributed by atoms with Crippen LogP contribution in [0.4, 0.5) is 13.2 Å². The summed E-state index contributed by atoms with van der Waals surface area (Å²) in [5.74, 6) is -2.45. The summed E-state index contributed by atoms with van der Waals surface area (Å²) >= 11 is 0. The molecular formula is C21H22F3NO4. The third-order valence-corrected chi connectivity index (χ3v) is 4.44. The van der Waals surface area contributed by atoms with Gasteiger partial charge in [0.1, 0.15) is 5.75 Å². The van der Waals surface area contributed by atoms with E-state index in [-0.39, 0.29) is 19.5 Å². The summed E-state index contributed by atoms with van der Waals surface area (Å²) in [6, 6.07) is 10.1. The number of amides is 1. The van der Waals surface area contributed by atoms with E-state index in [1.54, 1.807) is 43.3 Å². The highest BCUT2D eigenvalue weighted by atomic mass is 19.4. The molecule has 0 unspecified atom stereocenters. The molecule has 0 heterocycles. The van der Waals surface area contributed by atoms with E-state index in [1.165, 1.54) is 14.0 Å². The van der Waals surface area contributed by atoms with E-state index < -0.39 is 18.1 Å². The number of hydrogen-bond acceptors (Lipinski definition) is 3. The molecular weight excluding hydrogens is 387 g/mol. The third kappa shape index (κ3) is 5.49. The van der Waals surface area contributed by atoms with E-state index in [1.807, 2.05) is 0 Å². The molecule has 0 aliphatic carbocycles. The minimum absolute atomic E-state index is 0.109. The van der Waals surface area contributed by atoms with Gasteiger partial charge in [0.25, 0.3) is 0 Å². The molecule has 0 bridgehead atoms. The van der Waals surface area contributed by atoms with Gasteiger partial charge in [-0.25, -0.2) is 0 Å².